The summed E-state index contributed by atoms with van der Waals surface area (Å²) in [6, 6.07) is 4.29. The van der Waals surface area contributed by atoms with E-state index in [1.807, 2.05) is 0 Å². The molecule has 1 aromatic heterocycles. The standard InChI is InChI=1S/C31H46N2O4S/c1-7-21-14-20(15-22(8-2)29(21)37-19-23(34)17-33-28(36)18-32-6)10-11-26(35)30-24-12-13-31(4,5)16-25(24)27(9-3)38-30/h14-15,23,32,34H,7-13,16-19H2,1-6H3,(H,33,36). The highest BCUT2D eigenvalue weighted by Gasteiger charge is 2.31. The molecule has 0 saturated carbocycles. The molecular formula is C31H46N2O4S. The number of carbonyl (C=O) groups excluding carboxylic acids is 2. The third-order valence-electron chi connectivity index (χ3n) is 7.48. The Labute approximate surface area is 232 Å². The minimum Gasteiger partial charge on any atom is -0.490 e. The Balaban J connectivity index is 1.68. The van der Waals surface area contributed by atoms with Gasteiger partial charge in [0.15, 0.2) is 5.78 Å². The van der Waals surface area contributed by atoms with Gasteiger partial charge in [0.25, 0.3) is 0 Å². The Hall–Kier alpha value is -2.22. The number of likely N-dealkylation sites (N-methyl/N-ethyl adjacent to an activating group) is 1. The van der Waals surface area contributed by atoms with Crippen LogP contribution in [0.5, 0.6) is 5.75 Å². The first-order valence-electron chi connectivity index (χ1n) is 14.2. The number of Topliss-reactive ketones (excluding diaryl/α,β-unsaturated/α-hetero) is 1. The van der Waals surface area contributed by atoms with Crippen molar-refractivity contribution in [3.8, 4) is 5.75 Å². The van der Waals surface area contributed by atoms with Gasteiger partial charge in [-0.1, -0.05) is 46.8 Å². The van der Waals surface area contributed by atoms with Crippen LogP contribution >= 0.6 is 11.3 Å². The van der Waals surface area contributed by atoms with Crippen molar-refractivity contribution in [2.45, 2.75) is 92.1 Å². The Morgan fingerprint density at radius 3 is 2.39 bits per heavy atom. The molecule has 1 aliphatic carbocycles. The lowest BCUT2D eigenvalue weighted by atomic mass is 9.74. The number of benzene rings is 1. The molecule has 0 aliphatic heterocycles. The molecule has 1 unspecified atom stereocenters. The van der Waals surface area contributed by atoms with E-state index in [1.54, 1.807) is 18.4 Å². The largest absolute Gasteiger partial charge is 0.490 e. The molecule has 2 aromatic rings. The number of fused-ring (bicyclic) bond motifs is 1. The summed E-state index contributed by atoms with van der Waals surface area (Å²) in [5, 5.41) is 15.8. The van der Waals surface area contributed by atoms with Crippen molar-refractivity contribution in [2.24, 2.45) is 5.41 Å². The number of ether oxygens (including phenoxy) is 1. The van der Waals surface area contributed by atoms with Crippen LogP contribution in [0.25, 0.3) is 0 Å². The molecule has 0 spiro atoms. The molecule has 3 rings (SSSR count). The number of ketones is 1. The Morgan fingerprint density at radius 2 is 1.79 bits per heavy atom. The fraction of sp³-hybridized carbons (Fsp3) is 0.613. The summed E-state index contributed by atoms with van der Waals surface area (Å²) in [7, 11) is 1.70. The SMILES string of the molecule is CCc1cc(CCC(=O)c2sc(CC)c3c2CCC(C)(C)C3)cc(CC)c1OCC(O)CNC(=O)CNC. The minimum absolute atomic E-state index is 0.109. The van der Waals surface area contributed by atoms with Gasteiger partial charge < -0.3 is 20.5 Å². The third-order valence-corrected chi connectivity index (χ3v) is 8.94. The second-order valence-corrected chi connectivity index (χ2v) is 12.3. The molecule has 38 heavy (non-hydrogen) atoms. The Kier molecular flexibility index (Phi) is 10.9. The maximum Gasteiger partial charge on any atom is 0.234 e. The van der Waals surface area contributed by atoms with Gasteiger partial charge >= 0.3 is 0 Å². The monoisotopic (exact) mass is 542 g/mol. The fourth-order valence-corrected chi connectivity index (χ4v) is 6.58. The summed E-state index contributed by atoms with van der Waals surface area (Å²) in [6.45, 7) is 11.5. The predicted molar refractivity (Wildman–Crippen MR) is 156 cm³/mol. The van der Waals surface area contributed by atoms with Crippen LogP contribution in [0.3, 0.4) is 0 Å². The molecule has 1 aliphatic rings. The van der Waals surface area contributed by atoms with Crippen LogP contribution in [-0.2, 0) is 43.3 Å². The highest BCUT2D eigenvalue weighted by molar-refractivity contribution is 7.14. The average molecular weight is 543 g/mol. The molecule has 1 atom stereocenters. The fourth-order valence-electron chi connectivity index (χ4n) is 5.31. The van der Waals surface area contributed by atoms with Gasteiger partial charge in [-0.05, 0) is 85.2 Å². The highest BCUT2D eigenvalue weighted by atomic mass is 32.1. The molecule has 0 bridgehead atoms. The normalized spacial score (nSPS) is 15.1. The van der Waals surface area contributed by atoms with E-state index in [-0.39, 0.29) is 31.4 Å². The summed E-state index contributed by atoms with van der Waals surface area (Å²) in [6.07, 6.45) is 6.24. The van der Waals surface area contributed by atoms with Crippen molar-refractivity contribution in [1.82, 2.24) is 10.6 Å². The maximum atomic E-state index is 13.4. The quantitative estimate of drug-likeness (QED) is 0.297. The lowest BCUT2D eigenvalue weighted by Crippen LogP contribution is -2.39. The average Bonchev–Trinajstić information content (AvgIpc) is 3.25. The van der Waals surface area contributed by atoms with E-state index < -0.39 is 6.10 Å². The molecular weight excluding hydrogens is 496 g/mol. The van der Waals surface area contributed by atoms with Gasteiger partial charge in [-0.2, -0.15) is 0 Å². The summed E-state index contributed by atoms with van der Waals surface area (Å²) >= 11 is 1.73. The van der Waals surface area contributed by atoms with E-state index in [0.717, 1.165) is 65.8 Å². The number of hydrogen-bond donors (Lipinski definition) is 3. The number of hydrogen-bond acceptors (Lipinski definition) is 6. The van der Waals surface area contributed by atoms with Gasteiger partial charge in [0, 0.05) is 17.8 Å². The summed E-state index contributed by atoms with van der Waals surface area (Å²) in [4.78, 5) is 27.4. The first-order chi connectivity index (χ1) is 18.1. The van der Waals surface area contributed by atoms with Crippen molar-refractivity contribution in [3.05, 3.63) is 49.7 Å². The molecule has 1 aromatic carbocycles. The second-order valence-electron chi connectivity index (χ2n) is 11.2. The van der Waals surface area contributed by atoms with E-state index >= 15 is 0 Å². The lowest BCUT2D eigenvalue weighted by molar-refractivity contribution is -0.120. The number of rotatable bonds is 14. The molecule has 210 valence electrons. The number of nitrogens with one attached hydrogen (secondary N) is 2. The van der Waals surface area contributed by atoms with Crippen LogP contribution in [-0.4, -0.2) is 49.6 Å². The van der Waals surface area contributed by atoms with Gasteiger partial charge in [0.05, 0.1) is 11.4 Å². The summed E-state index contributed by atoms with van der Waals surface area (Å²) in [5.74, 6) is 0.922. The minimum atomic E-state index is -0.794. The van der Waals surface area contributed by atoms with Crippen molar-refractivity contribution in [1.29, 1.82) is 0 Å². The number of thiophene rings is 1. The Morgan fingerprint density at radius 1 is 1.11 bits per heavy atom. The predicted octanol–water partition coefficient (Wildman–Crippen LogP) is 4.84. The van der Waals surface area contributed by atoms with Gasteiger partial charge in [0.2, 0.25) is 5.91 Å². The first-order valence-corrected chi connectivity index (χ1v) is 15.0. The molecule has 1 amide bonds. The lowest BCUT2D eigenvalue weighted by Gasteiger charge is -2.30. The molecule has 3 N–H and O–H groups in total. The molecule has 7 heteroatoms. The van der Waals surface area contributed by atoms with Crippen molar-refractivity contribution in [3.63, 3.8) is 0 Å². The first kappa shape index (κ1) is 30.3. The van der Waals surface area contributed by atoms with E-state index in [0.29, 0.717) is 18.3 Å². The maximum absolute atomic E-state index is 13.4. The van der Waals surface area contributed by atoms with Crippen molar-refractivity contribution >= 4 is 23.0 Å². The molecule has 0 saturated heterocycles. The van der Waals surface area contributed by atoms with E-state index in [9.17, 15) is 14.7 Å². The number of carbonyl (C=O) groups is 2. The zero-order chi connectivity index (χ0) is 27.9. The van der Waals surface area contributed by atoms with Gasteiger partial charge in [0.1, 0.15) is 18.5 Å². The summed E-state index contributed by atoms with van der Waals surface area (Å²) in [5.41, 5.74) is 6.41. The highest BCUT2D eigenvalue weighted by Crippen LogP contribution is 2.42. The van der Waals surface area contributed by atoms with Crippen LogP contribution in [0.4, 0.5) is 0 Å². The van der Waals surface area contributed by atoms with E-state index in [2.05, 4.69) is 57.4 Å². The van der Waals surface area contributed by atoms with Crippen LogP contribution in [0, 0.1) is 5.41 Å². The zero-order valence-corrected chi connectivity index (χ0v) is 24.9. The van der Waals surface area contributed by atoms with Crippen molar-refractivity contribution < 1.29 is 19.4 Å². The van der Waals surface area contributed by atoms with E-state index in [1.165, 1.54) is 16.0 Å². The van der Waals surface area contributed by atoms with Gasteiger partial charge in [-0.3, -0.25) is 9.59 Å². The number of aliphatic hydroxyl groups excluding tert-OH is 1. The zero-order valence-electron chi connectivity index (χ0n) is 24.1. The molecule has 0 radical (unpaired) electrons. The summed E-state index contributed by atoms with van der Waals surface area (Å²) < 4.78 is 6.07. The van der Waals surface area contributed by atoms with Crippen LogP contribution in [0.15, 0.2) is 12.1 Å². The van der Waals surface area contributed by atoms with E-state index in [4.69, 9.17) is 4.74 Å². The topological polar surface area (TPSA) is 87.7 Å². The van der Waals surface area contributed by atoms with Crippen LogP contribution in [0.2, 0.25) is 0 Å². The number of amides is 1. The number of aliphatic hydroxyl groups is 1. The second kappa shape index (κ2) is 13.7. The molecule has 6 nitrogen and oxygen atoms in total. The number of aryl methyl sites for hydroxylation is 4. The smallest absolute Gasteiger partial charge is 0.234 e. The Bertz CT molecular complexity index is 1100. The van der Waals surface area contributed by atoms with Gasteiger partial charge in [-0.25, -0.2) is 0 Å². The molecule has 1 heterocycles. The van der Waals surface area contributed by atoms with Crippen LogP contribution in [0.1, 0.15) is 89.8 Å². The van der Waals surface area contributed by atoms with Gasteiger partial charge in [-0.15, -0.1) is 11.3 Å². The molecule has 0 fully saturated rings. The van der Waals surface area contributed by atoms with Crippen molar-refractivity contribution in [2.75, 3.05) is 26.7 Å². The van der Waals surface area contributed by atoms with Crippen LogP contribution < -0.4 is 15.4 Å². The third kappa shape index (κ3) is 7.67.